The van der Waals surface area contributed by atoms with Crippen LogP contribution >= 0.6 is 0 Å². The van der Waals surface area contributed by atoms with Gasteiger partial charge in [-0.15, -0.1) is 0 Å². The standard InChI is InChI=1S/C27H39N5O8/c1-4-12-40-26(38)7-5-6-22(34)32-21(13-18(2)3)27(39)30-15-24(36)28-14-23(35)29-16-25(37)31-20-10-8-19(17-33)9-11-20/h4,8-11,18,21,33H,1,5-7,12-17H2,2-3H3,(H,28,36)(H,29,35)(H,30,39)(H,31,37)(H,32,34). The summed E-state index contributed by atoms with van der Waals surface area (Å²) < 4.78 is 4.85. The summed E-state index contributed by atoms with van der Waals surface area (Å²) in [5, 5.41) is 21.4. The van der Waals surface area contributed by atoms with Crippen LogP contribution in [0.1, 0.15) is 45.1 Å². The van der Waals surface area contributed by atoms with Crippen molar-refractivity contribution in [3.63, 3.8) is 0 Å². The maximum Gasteiger partial charge on any atom is 0.306 e. The van der Waals surface area contributed by atoms with E-state index in [4.69, 9.17) is 9.84 Å². The number of benzene rings is 1. The number of esters is 1. The third-order valence-electron chi connectivity index (χ3n) is 5.24. The molecule has 0 aromatic heterocycles. The number of carbonyl (C=O) groups excluding carboxylic acids is 6. The molecule has 220 valence electrons. The fourth-order valence-corrected chi connectivity index (χ4v) is 3.26. The van der Waals surface area contributed by atoms with Crippen LogP contribution in [-0.2, 0) is 40.1 Å². The lowest BCUT2D eigenvalue weighted by molar-refractivity contribution is -0.142. The molecular formula is C27H39N5O8. The Labute approximate surface area is 233 Å². The highest BCUT2D eigenvalue weighted by molar-refractivity contribution is 5.95. The molecule has 1 aromatic rings. The first-order valence-electron chi connectivity index (χ1n) is 12.9. The highest BCUT2D eigenvalue weighted by atomic mass is 16.5. The number of ether oxygens (including phenoxy) is 1. The Kier molecular flexibility index (Phi) is 16.0. The number of anilines is 1. The molecule has 0 saturated carbocycles. The van der Waals surface area contributed by atoms with Gasteiger partial charge >= 0.3 is 5.97 Å². The number of hydrogen-bond acceptors (Lipinski definition) is 8. The minimum atomic E-state index is -0.880. The van der Waals surface area contributed by atoms with Gasteiger partial charge in [-0.1, -0.05) is 38.6 Å². The van der Waals surface area contributed by atoms with Crippen molar-refractivity contribution < 1.29 is 38.6 Å². The second kappa shape index (κ2) is 18.9. The molecule has 0 heterocycles. The number of aliphatic hydroxyl groups is 1. The number of carbonyl (C=O) groups is 6. The van der Waals surface area contributed by atoms with Crippen molar-refractivity contribution in [2.45, 2.75) is 52.2 Å². The van der Waals surface area contributed by atoms with Crippen molar-refractivity contribution >= 4 is 41.2 Å². The van der Waals surface area contributed by atoms with E-state index in [2.05, 4.69) is 33.2 Å². The summed E-state index contributed by atoms with van der Waals surface area (Å²) in [6, 6.07) is 5.64. The smallest absolute Gasteiger partial charge is 0.306 e. The molecule has 0 fully saturated rings. The van der Waals surface area contributed by atoms with Gasteiger partial charge in [0, 0.05) is 18.5 Å². The fraction of sp³-hybridized carbons (Fsp3) is 0.481. The van der Waals surface area contributed by atoms with Crippen molar-refractivity contribution in [1.82, 2.24) is 21.3 Å². The summed E-state index contributed by atoms with van der Waals surface area (Å²) in [5.41, 5.74) is 1.19. The Hall–Kier alpha value is -4.26. The van der Waals surface area contributed by atoms with Crippen molar-refractivity contribution in [2.75, 3.05) is 31.6 Å². The van der Waals surface area contributed by atoms with Gasteiger partial charge in [0.05, 0.1) is 26.2 Å². The van der Waals surface area contributed by atoms with Crippen LogP contribution in [0, 0.1) is 5.92 Å². The topological polar surface area (TPSA) is 192 Å². The van der Waals surface area contributed by atoms with Gasteiger partial charge in [0.2, 0.25) is 29.5 Å². The first kappa shape index (κ1) is 33.8. The van der Waals surface area contributed by atoms with E-state index in [1.54, 1.807) is 24.3 Å². The Bertz CT molecular complexity index is 1030. The fourth-order valence-electron chi connectivity index (χ4n) is 3.26. The van der Waals surface area contributed by atoms with E-state index in [1.807, 2.05) is 13.8 Å². The third-order valence-corrected chi connectivity index (χ3v) is 5.24. The molecule has 0 radical (unpaired) electrons. The largest absolute Gasteiger partial charge is 0.461 e. The summed E-state index contributed by atoms with van der Waals surface area (Å²) in [7, 11) is 0. The lowest BCUT2D eigenvalue weighted by atomic mass is 10.0. The van der Waals surface area contributed by atoms with Crippen molar-refractivity contribution in [3.05, 3.63) is 42.5 Å². The highest BCUT2D eigenvalue weighted by Gasteiger charge is 2.22. The quantitative estimate of drug-likeness (QED) is 0.106. The summed E-state index contributed by atoms with van der Waals surface area (Å²) >= 11 is 0. The summed E-state index contributed by atoms with van der Waals surface area (Å²) in [5.74, 6) is -3.07. The molecular weight excluding hydrogens is 522 g/mol. The molecule has 13 nitrogen and oxygen atoms in total. The van der Waals surface area contributed by atoms with Crippen LogP contribution in [0.15, 0.2) is 36.9 Å². The van der Waals surface area contributed by atoms with E-state index in [0.717, 1.165) is 0 Å². The molecule has 6 N–H and O–H groups in total. The van der Waals surface area contributed by atoms with Gasteiger partial charge in [0.1, 0.15) is 12.6 Å². The molecule has 1 unspecified atom stereocenters. The Morgan fingerprint density at radius 2 is 1.48 bits per heavy atom. The van der Waals surface area contributed by atoms with E-state index in [1.165, 1.54) is 6.08 Å². The zero-order valence-electron chi connectivity index (χ0n) is 22.9. The summed E-state index contributed by atoms with van der Waals surface area (Å²) in [4.78, 5) is 72.4. The molecule has 13 heteroatoms. The maximum atomic E-state index is 12.6. The average molecular weight is 562 g/mol. The number of nitrogens with one attached hydrogen (secondary N) is 5. The molecule has 0 aliphatic rings. The molecule has 0 aliphatic carbocycles. The zero-order chi connectivity index (χ0) is 29.9. The highest BCUT2D eigenvalue weighted by Crippen LogP contribution is 2.09. The monoisotopic (exact) mass is 561 g/mol. The minimum absolute atomic E-state index is 0.0225. The van der Waals surface area contributed by atoms with Gasteiger partial charge < -0.3 is 36.4 Å². The third kappa shape index (κ3) is 15.2. The molecule has 0 aliphatic heterocycles. The van der Waals surface area contributed by atoms with Gasteiger partial charge in [-0.05, 0) is 36.5 Å². The van der Waals surface area contributed by atoms with Crippen LogP contribution in [0.3, 0.4) is 0 Å². The van der Waals surface area contributed by atoms with E-state index >= 15 is 0 Å². The zero-order valence-corrected chi connectivity index (χ0v) is 22.9. The number of amides is 5. The van der Waals surface area contributed by atoms with Crippen LogP contribution in [0.2, 0.25) is 0 Å². The van der Waals surface area contributed by atoms with E-state index in [0.29, 0.717) is 17.7 Å². The molecule has 0 spiro atoms. The van der Waals surface area contributed by atoms with Gasteiger partial charge in [-0.25, -0.2) is 0 Å². The molecule has 0 saturated heterocycles. The maximum absolute atomic E-state index is 12.6. The molecule has 0 bridgehead atoms. The van der Waals surface area contributed by atoms with Crippen molar-refractivity contribution in [1.29, 1.82) is 0 Å². The van der Waals surface area contributed by atoms with E-state index < -0.39 is 54.6 Å². The molecule has 1 atom stereocenters. The molecule has 40 heavy (non-hydrogen) atoms. The van der Waals surface area contributed by atoms with Crippen LogP contribution in [-0.4, -0.2) is 72.9 Å². The van der Waals surface area contributed by atoms with Crippen LogP contribution in [0.4, 0.5) is 5.69 Å². The predicted octanol–water partition coefficient (Wildman–Crippen LogP) is -0.104. The predicted molar refractivity (Wildman–Crippen MR) is 146 cm³/mol. The van der Waals surface area contributed by atoms with E-state index in [9.17, 15) is 28.8 Å². The van der Waals surface area contributed by atoms with Crippen LogP contribution in [0.25, 0.3) is 0 Å². The molecule has 5 amide bonds. The Morgan fingerprint density at radius 1 is 0.875 bits per heavy atom. The van der Waals surface area contributed by atoms with Gasteiger partial charge in [0.15, 0.2) is 0 Å². The van der Waals surface area contributed by atoms with Crippen molar-refractivity contribution in [3.8, 4) is 0 Å². The van der Waals surface area contributed by atoms with Gasteiger partial charge in [-0.2, -0.15) is 0 Å². The van der Waals surface area contributed by atoms with Crippen LogP contribution < -0.4 is 26.6 Å². The first-order chi connectivity index (χ1) is 19.0. The molecule has 1 rings (SSSR count). The first-order valence-corrected chi connectivity index (χ1v) is 12.9. The van der Waals surface area contributed by atoms with Gasteiger partial charge in [-0.3, -0.25) is 28.8 Å². The number of aliphatic hydroxyl groups excluding tert-OH is 1. The second-order valence-electron chi connectivity index (χ2n) is 9.25. The normalized spacial score (nSPS) is 11.1. The SMILES string of the molecule is C=CCOC(=O)CCCC(=O)NC(CC(C)C)C(=O)NCC(=O)NCC(=O)NCC(=O)Nc1ccc(CO)cc1. The Balaban J connectivity index is 2.36. The summed E-state index contributed by atoms with van der Waals surface area (Å²) in [6.45, 7) is 6.03. The van der Waals surface area contributed by atoms with E-state index in [-0.39, 0.29) is 44.9 Å². The summed E-state index contributed by atoms with van der Waals surface area (Å²) in [6.07, 6.45) is 2.10. The lowest BCUT2D eigenvalue weighted by Gasteiger charge is -2.20. The molecule has 1 aromatic carbocycles. The second-order valence-corrected chi connectivity index (χ2v) is 9.25. The number of hydrogen-bond donors (Lipinski definition) is 6. The minimum Gasteiger partial charge on any atom is -0.461 e. The van der Waals surface area contributed by atoms with Crippen LogP contribution in [0.5, 0.6) is 0 Å². The lowest BCUT2D eigenvalue weighted by Crippen LogP contribution is -2.50. The van der Waals surface area contributed by atoms with Gasteiger partial charge in [0.25, 0.3) is 0 Å². The van der Waals surface area contributed by atoms with Crippen molar-refractivity contribution in [2.24, 2.45) is 5.92 Å². The number of rotatable bonds is 18. The average Bonchev–Trinajstić information content (AvgIpc) is 2.92. The Morgan fingerprint density at radius 3 is 2.05 bits per heavy atom.